The van der Waals surface area contributed by atoms with E-state index >= 15 is 0 Å². The lowest BCUT2D eigenvalue weighted by Crippen LogP contribution is -2.18. The maximum absolute atomic E-state index is 12.1. The van der Waals surface area contributed by atoms with Crippen LogP contribution in [0.5, 0.6) is 11.5 Å². The highest BCUT2D eigenvalue weighted by Crippen LogP contribution is 2.34. The molecule has 0 bridgehead atoms. The monoisotopic (exact) mass is 284 g/mol. The number of aryl methyl sites for hydroxylation is 1. The Bertz CT molecular complexity index is 431. The number of carbonyl (C=O) groups excluding carboxylic acids is 1. The third kappa shape index (κ3) is 5.54. The summed E-state index contributed by atoms with van der Waals surface area (Å²) in [5.41, 5.74) is 0.341. The molecule has 8 heteroatoms. The largest absolute Gasteiger partial charge is 0.573 e. The highest BCUT2D eigenvalue weighted by atomic mass is 19.4. The van der Waals surface area contributed by atoms with Crippen molar-refractivity contribution < 1.29 is 36.2 Å². The molecule has 0 aliphatic heterocycles. The van der Waals surface area contributed by atoms with Crippen molar-refractivity contribution in [3.05, 3.63) is 23.8 Å². The minimum absolute atomic E-state index is 0.0977. The zero-order valence-corrected chi connectivity index (χ0v) is 9.42. The fourth-order valence-electron chi connectivity index (χ4n) is 1.33. The first-order valence-electron chi connectivity index (χ1n) is 5.09. The van der Waals surface area contributed by atoms with Gasteiger partial charge >= 0.3 is 13.0 Å². The maximum Gasteiger partial charge on any atom is 0.573 e. The van der Waals surface area contributed by atoms with Gasteiger partial charge in [-0.2, -0.15) is 8.78 Å². The lowest BCUT2D eigenvalue weighted by atomic mass is 10.1. The first kappa shape index (κ1) is 15.2. The molecule has 19 heavy (non-hydrogen) atoms. The molecule has 0 unspecified atom stereocenters. The summed E-state index contributed by atoms with van der Waals surface area (Å²) >= 11 is 0. The second-order valence-electron chi connectivity index (χ2n) is 3.41. The SMILES string of the molecule is O=CCCc1ccc(OC(F)F)c(OC(F)(F)F)c1. The second-order valence-corrected chi connectivity index (χ2v) is 3.41. The van der Waals surface area contributed by atoms with Crippen molar-refractivity contribution in [2.75, 3.05) is 0 Å². The Labute approximate surface area is 104 Å². The van der Waals surface area contributed by atoms with Crippen LogP contribution in [0, 0.1) is 0 Å². The number of ether oxygens (including phenoxy) is 2. The van der Waals surface area contributed by atoms with Crippen LogP contribution in [-0.4, -0.2) is 19.3 Å². The van der Waals surface area contributed by atoms with Gasteiger partial charge in [-0.25, -0.2) is 0 Å². The van der Waals surface area contributed by atoms with Crippen molar-refractivity contribution in [1.82, 2.24) is 0 Å². The van der Waals surface area contributed by atoms with E-state index in [1.165, 1.54) is 6.07 Å². The molecule has 0 heterocycles. The highest BCUT2D eigenvalue weighted by molar-refractivity contribution is 5.51. The van der Waals surface area contributed by atoms with Gasteiger partial charge in [0.2, 0.25) is 0 Å². The number of hydrogen-bond donors (Lipinski definition) is 0. The van der Waals surface area contributed by atoms with E-state index in [0.29, 0.717) is 11.8 Å². The molecule has 3 nitrogen and oxygen atoms in total. The van der Waals surface area contributed by atoms with Gasteiger partial charge in [-0.1, -0.05) is 6.07 Å². The van der Waals surface area contributed by atoms with Crippen LogP contribution < -0.4 is 9.47 Å². The quantitative estimate of drug-likeness (QED) is 0.594. The Kier molecular flexibility index (Phi) is 5.08. The van der Waals surface area contributed by atoms with Crippen LogP contribution in [0.3, 0.4) is 0 Å². The predicted molar refractivity (Wildman–Crippen MR) is 54.1 cm³/mol. The Morgan fingerprint density at radius 3 is 2.42 bits per heavy atom. The second kappa shape index (κ2) is 6.35. The van der Waals surface area contributed by atoms with E-state index in [0.717, 1.165) is 12.1 Å². The molecule has 0 aromatic heterocycles. The molecule has 0 fully saturated rings. The molecule has 0 atom stereocenters. The molecule has 0 aliphatic rings. The van der Waals surface area contributed by atoms with E-state index in [2.05, 4.69) is 9.47 Å². The summed E-state index contributed by atoms with van der Waals surface area (Å²) in [4.78, 5) is 10.2. The van der Waals surface area contributed by atoms with Gasteiger partial charge in [-0.05, 0) is 24.1 Å². The lowest BCUT2D eigenvalue weighted by Gasteiger charge is -2.14. The normalized spacial score (nSPS) is 11.5. The van der Waals surface area contributed by atoms with Gasteiger partial charge in [0.15, 0.2) is 11.5 Å². The smallest absolute Gasteiger partial charge is 0.431 e. The first-order chi connectivity index (χ1) is 8.81. The summed E-state index contributed by atoms with van der Waals surface area (Å²) < 4.78 is 68.0. The molecule has 0 N–H and O–H groups in total. The van der Waals surface area contributed by atoms with Gasteiger partial charge in [0, 0.05) is 6.42 Å². The average Bonchev–Trinajstić information content (AvgIpc) is 2.27. The molecule has 1 rings (SSSR count). The molecule has 0 radical (unpaired) electrons. The molecule has 0 saturated heterocycles. The zero-order valence-electron chi connectivity index (χ0n) is 9.42. The van der Waals surface area contributed by atoms with Crippen LogP contribution >= 0.6 is 0 Å². The van der Waals surface area contributed by atoms with Crippen LogP contribution in [0.2, 0.25) is 0 Å². The lowest BCUT2D eigenvalue weighted by molar-refractivity contribution is -0.275. The van der Waals surface area contributed by atoms with Crippen LogP contribution in [-0.2, 0) is 11.2 Å². The highest BCUT2D eigenvalue weighted by Gasteiger charge is 2.33. The van der Waals surface area contributed by atoms with Crippen molar-refractivity contribution in [1.29, 1.82) is 0 Å². The molecule has 0 spiro atoms. The van der Waals surface area contributed by atoms with Crippen molar-refractivity contribution in [2.24, 2.45) is 0 Å². The summed E-state index contributed by atoms with van der Waals surface area (Å²) in [5.74, 6) is -1.58. The summed E-state index contributed by atoms with van der Waals surface area (Å²) in [7, 11) is 0. The predicted octanol–water partition coefficient (Wildman–Crippen LogP) is 3.32. The molecule has 0 saturated carbocycles. The van der Waals surface area contributed by atoms with Crippen LogP contribution in [0.25, 0.3) is 0 Å². The summed E-state index contributed by atoms with van der Waals surface area (Å²) in [6, 6.07) is 3.13. The molecular formula is C11H9F5O3. The van der Waals surface area contributed by atoms with E-state index in [-0.39, 0.29) is 12.8 Å². The number of benzene rings is 1. The summed E-state index contributed by atoms with van der Waals surface area (Å²) in [6.07, 6.45) is -4.16. The van der Waals surface area contributed by atoms with Crippen LogP contribution in [0.1, 0.15) is 12.0 Å². The fourth-order valence-corrected chi connectivity index (χ4v) is 1.33. The van der Waals surface area contributed by atoms with Gasteiger partial charge in [-0.3, -0.25) is 0 Å². The molecular weight excluding hydrogens is 275 g/mol. The average molecular weight is 284 g/mol. The Balaban J connectivity index is 2.99. The molecule has 106 valence electrons. The fraction of sp³-hybridized carbons (Fsp3) is 0.364. The molecule has 0 amide bonds. The standard InChI is InChI=1S/C11H9F5O3/c12-10(13)18-8-4-3-7(2-1-5-17)6-9(8)19-11(14,15)16/h3-6,10H,1-2H2. The van der Waals surface area contributed by atoms with Crippen molar-refractivity contribution in [3.8, 4) is 11.5 Å². The molecule has 1 aromatic rings. The first-order valence-corrected chi connectivity index (χ1v) is 5.09. The topological polar surface area (TPSA) is 35.5 Å². The third-order valence-electron chi connectivity index (χ3n) is 2.00. The summed E-state index contributed by atoms with van der Waals surface area (Å²) in [6.45, 7) is -3.27. The van der Waals surface area contributed by atoms with E-state index < -0.39 is 24.5 Å². The van der Waals surface area contributed by atoms with Crippen molar-refractivity contribution in [3.63, 3.8) is 0 Å². The molecule has 1 aromatic carbocycles. The van der Waals surface area contributed by atoms with Crippen molar-refractivity contribution in [2.45, 2.75) is 25.8 Å². The number of hydrogen-bond acceptors (Lipinski definition) is 3. The number of rotatable bonds is 6. The minimum Gasteiger partial charge on any atom is -0.431 e. The zero-order chi connectivity index (χ0) is 14.5. The van der Waals surface area contributed by atoms with Crippen molar-refractivity contribution >= 4 is 6.29 Å². The van der Waals surface area contributed by atoms with Crippen LogP contribution in [0.15, 0.2) is 18.2 Å². The molecule has 0 aliphatic carbocycles. The minimum atomic E-state index is -5.02. The Morgan fingerprint density at radius 2 is 1.89 bits per heavy atom. The van der Waals surface area contributed by atoms with Gasteiger partial charge < -0.3 is 14.3 Å². The van der Waals surface area contributed by atoms with E-state index in [1.54, 1.807) is 0 Å². The maximum atomic E-state index is 12.1. The number of aldehydes is 1. The number of carbonyl (C=O) groups is 1. The number of alkyl halides is 5. The Hall–Kier alpha value is -1.86. The Morgan fingerprint density at radius 1 is 1.21 bits per heavy atom. The van der Waals surface area contributed by atoms with Crippen LogP contribution in [0.4, 0.5) is 22.0 Å². The van der Waals surface area contributed by atoms with Gasteiger partial charge in [-0.15, -0.1) is 13.2 Å². The van der Waals surface area contributed by atoms with Gasteiger partial charge in [0.05, 0.1) is 0 Å². The third-order valence-corrected chi connectivity index (χ3v) is 2.00. The van der Waals surface area contributed by atoms with E-state index in [9.17, 15) is 26.7 Å². The van der Waals surface area contributed by atoms with E-state index in [4.69, 9.17) is 0 Å². The number of halogens is 5. The van der Waals surface area contributed by atoms with E-state index in [1.807, 2.05) is 0 Å². The summed E-state index contributed by atoms with van der Waals surface area (Å²) in [5, 5.41) is 0. The van der Waals surface area contributed by atoms with Gasteiger partial charge in [0.25, 0.3) is 0 Å². The van der Waals surface area contributed by atoms with Gasteiger partial charge in [0.1, 0.15) is 6.29 Å².